The Hall–Kier alpha value is -4.34. The van der Waals surface area contributed by atoms with Crippen molar-refractivity contribution >= 4 is 17.5 Å². The first-order valence-electron chi connectivity index (χ1n) is 12.4. The van der Waals surface area contributed by atoms with E-state index < -0.39 is 5.82 Å². The molecule has 0 N–H and O–H groups in total. The smallest absolute Gasteiger partial charge is 0.274 e. The topological polar surface area (TPSA) is 76.3 Å². The fourth-order valence-corrected chi connectivity index (χ4v) is 5.02. The molecule has 38 heavy (non-hydrogen) atoms. The molecule has 1 aliphatic heterocycles. The van der Waals surface area contributed by atoms with Crippen molar-refractivity contribution < 1.29 is 13.6 Å². The summed E-state index contributed by atoms with van der Waals surface area (Å²) < 4.78 is 30.8. The summed E-state index contributed by atoms with van der Waals surface area (Å²) >= 11 is 0. The largest absolute Gasteiger partial charge is 0.343 e. The Balaban J connectivity index is 1.65. The second-order valence-electron chi connectivity index (χ2n) is 9.42. The van der Waals surface area contributed by atoms with Gasteiger partial charge in [0.05, 0.1) is 23.0 Å². The summed E-state index contributed by atoms with van der Waals surface area (Å²) in [5, 5.41) is 0. The van der Waals surface area contributed by atoms with Gasteiger partial charge in [0.1, 0.15) is 11.6 Å². The molecule has 8 nitrogen and oxygen atoms in total. The molecule has 3 heterocycles. The number of nitrogens with zero attached hydrogens (tertiary/aromatic N) is 6. The molecular formula is C28H28F2N6O2. The van der Waals surface area contributed by atoms with Gasteiger partial charge in [0.2, 0.25) is 11.9 Å². The standard InChI is InChI=1S/C28H28F2N6O2/c1-18(37)35-16-13-23(14-17-35)36-26(25(27(38)34(36)3)19-4-6-20(29)7-5-19)24-12-15-31-28(32-24)33(2)22-10-8-21(30)9-11-22/h4-12,15,23H,13-14,16-17H2,1-3H3. The van der Waals surface area contributed by atoms with Crippen LogP contribution in [0.5, 0.6) is 0 Å². The Morgan fingerprint density at radius 2 is 1.58 bits per heavy atom. The molecule has 0 saturated carbocycles. The van der Waals surface area contributed by atoms with Gasteiger partial charge in [-0.15, -0.1) is 0 Å². The lowest BCUT2D eigenvalue weighted by molar-refractivity contribution is -0.130. The highest BCUT2D eigenvalue weighted by atomic mass is 19.1. The number of halogens is 2. The molecule has 0 atom stereocenters. The van der Waals surface area contributed by atoms with Crippen molar-refractivity contribution in [1.29, 1.82) is 0 Å². The number of likely N-dealkylation sites (tertiary alicyclic amines) is 1. The number of aromatic nitrogens is 4. The molecular weight excluding hydrogens is 490 g/mol. The number of carbonyl (C=O) groups is 1. The predicted octanol–water partition coefficient (Wildman–Crippen LogP) is 4.54. The van der Waals surface area contributed by atoms with Crippen LogP contribution in [0.3, 0.4) is 0 Å². The van der Waals surface area contributed by atoms with E-state index in [4.69, 9.17) is 4.98 Å². The lowest BCUT2D eigenvalue weighted by Gasteiger charge is -2.33. The average molecular weight is 519 g/mol. The summed E-state index contributed by atoms with van der Waals surface area (Å²) in [6.07, 6.45) is 2.96. The number of carbonyl (C=O) groups excluding carboxylic acids is 1. The van der Waals surface area contributed by atoms with Crippen LogP contribution in [0, 0.1) is 11.6 Å². The minimum Gasteiger partial charge on any atom is -0.343 e. The summed E-state index contributed by atoms with van der Waals surface area (Å²) in [4.78, 5) is 38.3. The van der Waals surface area contributed by atoms with E-state index in [1.54, 1.807) is 72.0 Å². The SMILES string of the molecule is CC(=O)N1CCC(n2c(-c3ccnc(N(C)c4ccc(F)cc4)n3)c(-c3ccc(F)cc3)c(=O)n2C)CC1. The molecule has 0 unspecified atom stereocenters. The van der Waals surface area contributed by atoms with Crippen LogP contribution >= 0.6 is 0 Å². The molecule has 0 aliphatic carbocycles. The second kappa shape index (κ2) is 10.2. The highest BCUT2D eigenvalue weighted by molar-refractivity contribution is 5.80. The average Bonchev–Trinajstić information content (AvgIpc) is 3.19. The number of rotatable bonds is 5. The van der Waals surface area contributed by atoms with Gasteiger partial charge in [-0.1, -0.05) is 12.1 Å². The van der Waals surface area contributed by atoms with Crippen molar-refractivity contribution in [1.82, 2.24) is 24.2 Å². The second-order valence-corrected chi connectivity index (χ2v) is 9.42. The maximum atomic E-state index is 13.8. The lowest BCUT2D eigenvalue weighted by Crippen LogP contribution is -2.39. The zero-order chi connectivity index (χ0) is 27.0. The predicted molar refractivity (Wildman–Crippen MR) is 141 cm³/mol. The Bertz CT molecular complexity index is 1520. The van der Waals surface area contributed by atoms with Crippen LogP contribution < -0.4 is 10.5 Å². The van der Waals surface area contributed by atoms with Crippen LogP contribution in [0.25, 0.3) is 22.5 Å². The Kier molecular flexibility index (Phi) is 6.79. The van der Waals surface area contributed by atoms with Gasteiger partial charge in [-0.25, -0.2) is 18.7 Å². The number of hydrogen-bond donors (Lipinski definition) is 0. The van der Waals surface area contributed by atoms with Gasteiger partial charge in [-0.3, -0.25) is 19.0 Å². The Labute approximate surface area is 218 Å². The van der Waals surface area contributed by atoms with E-state index in [1.165, 1.54) is 24.3 Å². The van der Waals surface area contributed by atoms with Crippen molar-refractivity contribution in [2.45, 2.75) is 25.8 Å². The van der Waals surface area contributed by atoms with Crippen molar-refractivity contribution in [2.75, 3.05) is 25.0 Å². The molecule has 1 fully saturated rings. The summed E-state index contributed by atoms with van der Waals surface area (Å²) in [6, 6.07) is 13.5. The van der Waals surface area contributed by atoms with Crippen LogP contribution in [0.1, 0.15) is 25.8 Å². The van der Waals surface area contributed by atoms with Crippen molar-refractivity contribution in [3.63, 3.8) is 0 Å². The molecule has 1 amide bonds. The van der Waals surface area contributed by atoms with E-state index in [1.807, 2.05) is 4.68 Å². The number of piperidine rings is 1. The van der Waals surface area contributed by atoms with Crippen LogP contribution in [0.15, 0.2) is 65.6 Å². The quantitative estimate of drug-likeness (QED) is 0.388. The van der Waals surface area contributed by atoms with Crippen molar-refractivity contribution in [3.05, 3.63) is 82.8 Å². The highest BCUT2D eigenvalue weighted by Gasteiger charge is 2.30. The minimum atomic E-state index is -0.395. The zero-order valence-electron chi connectivity index (χ0n) is 21.4. The lowest BCUT2D eigenvalue weighted by atomic mass is 10.0. The van der Waals surface area contributed by atoms with Crippen LogP contribution in [0.4, 0.5) is 20.4 Å². The summed E-state index contributed by atoms with van der Waals surface area (Å²) in [5.41, 5.74) is 2.58. The van der Waals surface area contributed by atoms with Gasteiger partial charge in [-0.05, 0) is 60.9 Å². The number of hydrogen-bond acceptors (Lipinski definition) is 5. The van der Waals surface area contributed by atoms with Gasteiger partial charge in [0, 0.05) is 46.0 Å². The third-order valence-electron chi connectivity index (χ3n) is 7.08. The van der Waals surface area contributed by atoms with E-state index in [9.17, 15) is 18.4 Å². The molecule has 4 aromatic rings. The van der Waals surface area contributed by atoms with E-state index in [0.717, 1.165) is 0 Å². The fourth-order valence-electron chi connectivity index (χ4n) is 5.02. The van der Waals surface area contributed by atoms with Crippen molar-refractivity contribution in [3.8, 4) is 22.5 Å². The molecule has 196 valence electrons. The number of benzene rings is 2. The fraction of sp³-hybridized carbons (Fsp3) is 0.286. The molecule has 0 bridgehead atoms. The summed E-state index contributed by atoms with van der Waals surface area (Å²) in [7, 11) is 3.49. The third kappa shape index (κ3) is 4.69. The van der Waals surface area contributed by atoms with Gasteiger partial charge in [0.25, 0.3) is 5.56 Å². The molecule has 10 heteroatoms. The normalized spacial score (nSPS) is 14.1. The molecule has 2 aromatic heterocycles. The zero-order valence-corrected chi connectivity index (χ0v) is 21.4. The molecule has 2 aromatic carbocycles. The summed E-state index contributed by atoms with van der Waals surface area (Å²) in [6.45, 7) is 2.73. The number of anilines is 2. The highest BCUT2D eigenvalue weighted by Crippen LogP contribution is 2.35. The Morgan fingerprint density at radius 3 is 2.18 bits per heavy atom. The maximum Gasteiger partial charge on any atom is 0.274 e. The van der Waals surface area contributed by atoms with Gasteiger partial charge < -0.3 is 9.80 Å². The monoisotopic (exact) mass is 518 g/mol. The number of amides is 1. The molecule has 0 spiro atoms. The molecule has 0 radical (unpaired) electrons. The van der Waals surface area contributed by atoms with E-state index in [2.05, 4.69) is 4.98 Å². The molecule has 5 rings (SSSR count). The van der Waals surface area contributed by atoms with Gasteiger partial charge in [0.15, 0.2) is 0 Å². The van der Waals surface area contributed by atoms with Gasteiger partial charge in [-0.2, -0.15) is 0 Å². The maximum absolute atomic E-state index is 13.8. The molecule has 1 aliphatic rings. The first-order valence-corrected chi connectivity index (χ1v) is 12.4. The third-order valence-corrected chi connectivity index (χ3v) is 7.08. The Morgan fingerprint density at radius 1 is 0.974 bits per heavy atom. The van der Waals surface area contributed by atoms with E-state index in [0.29, 0.717) is 60.1 Å². The van der Waals surface area contributed by atoms with E-state index in [-0.39, 0.29) is 23.3 Å². The first-order chi connectivity index (χ1) is 18.2. The van der Waals surface area contributed by atoms with Crippen LogP contribution in [-0.4, -0.2) is 50.3 Å². The van der Waals surface area contributed by atoms with Crippen molar-refractivity contribution in [2.24, 2.45) is 7.05 Å². The van der Waals surface area contributed by atoms with E-state index >= 15 is 0 Å². The van der Waals surface area contributed by atoms with Crippen LogP contribution in [0.2, 0.25) is 0 Å². The van der Waals surface area contributed by atoms with Crippen LogP contribution in [-0.2, 0) is 11.8 Å². The molecule has 1 saturated heterocycles. The van der Waals surface area contributed by atoms with Gasteiger partial charge >= 0.3 is 0 Å². The summed E-state index contributed by atoms with van der Waals surface area (Å²) in [5.74, 6) is -0.340. The minimum absolute atomic E-state index is 0.0290. The first kappa shape index (κ1) is 25.3.